The van der Waals surface area contributed by atoms with Crippen LogP contribution in [0.25, 0.3) is 0 Å². The van der Waals surface area contributed by atoms with Gasteiger partial charge in [0.25, 0.3) is 0 Å². The standard InChI is InChI=1S/C21H22FN3O2/c1-6-16-10-17(12-18(22)11-16)15(3)24-27-13-20-14(2)8-7-9-19(20)21(23-4)25-26-5/h1,7-12H,13H2,2-5H3,(H,23,25)/b24-15+. The fourth-order valence-corrected chi connectivity index (χ4v) is 2.56. The average Bonchev–Trinajstić information content (AvgIpc) is 2.66. The van der Waals surface area contributed by atoms with Gasteiger partial charge in [-0.3, -0.25) is 9.83 Å². The molecular formula is C21H22FN3O2. The van der Waals surface area contributed by atoms with Crippen molar-refractivity contribution in [2.45, 2.75) is 20.5 Å². The van der Waals surface area contributed by atoms with E-state index < -0.39 is 5.82 Å². The second kappa shape index (κ2) is 9.51. The third-order valence-corrected chi connectivity index (χ3v) is 3.98. The van der Waals surface area contributed by atoms with Crippen molar-refractivity contribution in [2.75, 3.05) is 14.2 Å². The zero-order valence-electron chi connectivity index (χ0n) is 15.8. The highest BCUT2D eigenvalue weighted by Crippen LogP contribution is 2.17. The number of hydrogen-bond acceptors (Lipinski definition) is 4. The zero-order chi connectivity index (χ0) is 19.8. The molecule has 2 aromatic carbocycles. The SMILES string of the molecule is C#Cc1cc(F)cc(/C(C)=N/OCc2c(C)cccc2C(=NC)NOC)c1. The summed E-state index contributed by atoms with van der Waals surface area (Å²) in [6.45, 7) is 3.94. The molecule has 0 saturated heterocycles. The highest BCUT2D eigenvalue weighted by molar-refractivity contribution is 6.00. The van der Waals surface area contributed by atoms with Crippen molar-refractivity contribution in [3.63, 3.8) is 0 Å². The summed E-state index contributed by atoms with van der Waals surface area (Å²) in [5.41, 5.74) is 7.12. The van der Waals surface area contributed by atoms with Crippen LogP contribution in [-0.4, -0.2) is 25.7 Å². The van der Waals surface area contributed by atoms with Gasteiger partial charge in [0.1, 0.15) is 12.4 Å². The molecule has 0 saturated carbocycles. The molecule has 2 rings (SSSR count). The summed E-state index contributed by atoms with van der Waals surface area (Å²) in [4.78, 5) is 14.7. The first-order valence-electron chi connectivity index (χ1n) is 8.29. The van der Waals surface area contributed by atoms with Crippen LogP contribution in [0.15, 0.2) is 46.5 Å². The van der Waals surface area contributed by atoms with Gasteiger partial charge in [-0.15, -0.1) is 6.42 Å². The number of nitrogens with zero attached hydrogens (tertiary/aromatic N) is 2. The van der Waals surface area contributed by atoms with Gasteiger partial charge in [0, 0.05) is 29.3 Å². The number of amidine groups is 1. The number of hydrogen-bond donors (Lipinski definition) is 1. The maximum absolute atomic E-state index is 13.6. The molecule has 1 N–H and O–H groups in total. The third-order valence-electron chi connectivity index (χ3n) is 3.98. The van der Waals surface area contributed by atoms with Gasteiger partial charge in [-0.2, -0.15) is 0 Å². The van der Waals surface area contributed by atoms with Gasteiger partial charge in [0.15, 0.2) is 5.84 Å². The Kier molecular flexibility index (Phi) is 7.09. The minimum absolute atomic E-state index is 0.223. The van der Waals surface area contributed by atoms with Crippen molar-refractivity contribution in [2.24, 2.45) is 10.1 Å². The molecule has 0 radical (unpaired) electrons. The van der Waals surface area contributed by atoms with Gasteiger partial charge in [-0.05, 0) is 37.6 Å². The number of aryl methyl sites for hydroxylation is 1. The maximum Gasteiger partial charge on any atom is 0.152 e. The quantitative estimate of drug-likeness (QED) is 0.367. The summed E-state index contributed by atoms with van der Waals surface area (Å²) in [6, 6.07) is 10.2. The molecule has 0 bridgehead atoms. The molecule has 0 atom stereocenters. The van der Waals surface area contributed by atoms with Crippen molar-refractivity contribution in [1.29, 1.82) is 0 Å². The summed E-state index contributed by atoms with van der Waals surface area (Å²) in [6.07, 6.45) is 5.35. The molecule has 0 aliphatic carbocycles. The number of rotatable bonds is 6. The van der Waals surface area contributed by atoms with Crippen LogP contribution < -0.4 is 5.48 Å². The van der Waals surface area contributed by atoms with Gasteiger partial charge >= 0.3 is 0 Å². The van der Waals surface area contributed by atoms with E-state index >= 15 is 0 Å². The summed E-state index contributed by atoms with van der Waals surface area (Å²) < 4.78 is 13.6. The van der Waals surface area contributed by atoms with Crippen molar-refractivity contribution in [3.05, 3.63) is 70.0 Å². The first-order chi connectivity index (χ1) is 13.0. The first-order valence-corrected chi connectivity index (χ1v) is 8.29. The van der Waals surface area contributed by atoms with Crippen LogP contribution in [0.1, 0.15) is 34.7 Å². The predicted octanol–water partition coefficient (Wildman–Crippen LogP) is 3.58. The van der Waals surface area contributed by atoms with Gasteiger partial charge in [-0.1, -0.05) is 29.3 Å². The lowest BCUT2D eigenvalue weighted by atomic mass is 10.0. The second-order valence-corrected chi connectivity index (χ2v) is 5.80. The van der Waals surface area contributed by atoms with E-state index in [0.717, 1.165) is 16.7 Å². The van der Waals surface area contributed by atoms with Crippen LogP contribution in [-0.2, 0) is 16.3 Å². The van der Waals surface area contributed by atoms with Gasteiger partial charge in [0.05, 0.1) is 12.8 Å². The Morgan fingerprint density at radius 1 is 1.30 bits per heavy atom. The minimum Gasteiger partial charge on any atom is -0.391 e. The van der Waals surface area contributed by atoms with Crippen LogP contribution >= 0.6 is 0 Å². The van der Waals surface area contributed by atoms with E-state index in [1.165, 1.54) is 19.2 Å². The summed E-state index contributed by atoms with van der Waals surface area (Å²) in [7, 11) is 3.19. The van der Waals surface area contributed by atoms with Crippen LogP contribution in [0.5, 0.6) is 0 Å². The molecule has 0 aliphatic rings. The summed E-state index contributed by atoms with van der Waals surface area (Å²) in [5, 5.41) is 4.11. The Morgan fingerprint density at radius 2 is 2.07 bits per heavy atom. The molecule has 140 valence electrons. The number of halogens is 1. The number of nitrogens with one attached hydrogen (secondary N) is 1. The van der Waals surface area contributed by atoms with Crippen LogP contribution in [0.4, 0.5) is 4.39 Å². The van der Waals surface area contributed by atoms with Crippen molar-refractivity contribution in [3.8, 4) is 12.3 Å². The molecule has 2 aromatic rings. The lowest BCUT2D eigenvalue weighted by Gasteiger charge is -2.14. The van der Waals surface area contributed by atoms with E-state index in [1.54, 1.807) is 20.0 Å². The number of terminal acetylenes is 1. The highest BCUT2D eigenvalue weighted by atomic mass is 19.1. The monoisotopic (exact) mass is 367 g/mol. The van der Waals surface area contributed by atoms with E-state index in [1.807, 2.05) is 25.1 Å². The van der Waals surface area contributed by atoms with Crippen LogP contribution in [0.2, 0.25) is 0 Å². The molecule has 6 heteroatoms. The maximum atomic E-state index is 13.6. The number of benzene rings is 2. The van der Waals surface area contributed by atoms with E-state index in [0.29, 0.717) is 22.7 Å². The number of hydroxylamine groups is 1. The van der Waals surface area contributed by atoms with Gasteiger partial charge < -0.3 is 4.84 Å². The molecule has 0 amide bonds. The Morgan fingerprint density at radius 3 is 2.74 bits per heavy atom. The zero-order valence-corrected chi connectivity index (χ0v) is 15.8. The number of oxime groups is 1. The van der Waals surface area contributed by atoms with E-state index in [9.17, 15) is 4.39 Å². The molecular weight excluding hydrogens is 345 g/mol. The Bertz CT molecular complexity index is 914. The summed E-state index contributed by atoms with van der Waals surface area (Å²) in [5.74, 6) is 2.60. The van der Waals surface area contributed by atoms with Crippen LogP contribution in [0, 0.1) is 25.1 Å². The normalized spacial score (nSPS) is 11.9. The van der Waals surface area contributed by atoms with Crippen molar-refractivity contribution >= 4 is 11.5 Å². The third kappa shape index (κ3) is 5.16. The van der Waals surface area contributed by atoms with Crippen molar-refractivity contribution < 1.29 is 14.1 Å². The number of aliphatic imine (C=N–C) groups is 1. The van der Waals surface area contributed by atoms with Gasteiger partial charge in [-0.25, -0.2) is 9.87 Å². The van der Waals surface area contributed by atoms with Gasteiger partial charge in [0.2, 0.25) is 0 Å². The average molecular weight is 367 g/mol. The molecule has 5 nitrogen and oxygen atoms in total. The van der Waals surface area contributed by atoms with Crippen molar-refractivity contribution in [1.82, 2.24) is 5.48 Å². The fraction of sp³-hybridized carbons (Fsp3) is 0.238. The fourth-order valence-electron chi connectivity index (χ4n) is 2.56. The Hall–Kier alpha value is -3.17. The highest BCUT2D eigenvalue weighted by Gasteiger charge is 2.12. The lowest BCUT2D eigenvalue weighted by molar-refractivity contribution is 0.129. The predicted molar refractivity (Wildman–Crippen MR) is 105 cm³/mol. The molecule has 0 unspecified atom stereocenters. The molecule has 27 heavy (non-hydrogen) atoms. The van der Waals surface area contributed by atoms with E-state index in [4.69, 9.17) is 16.1 Å². The molecule has 0 spiro atoms. The second-order valence-electron chi connectivity index (χ2n) is 5.80. The van der Waals surface area contributed by atoms with Crippen LogP contribution in [0.3, 0.4) is 0 Å². The Balaban J connectivity index is 2.23. The molecule has 0 fully saturated rings. The minimum atomic E-state index is -0.411. The molecule has 0 aliphatic heterocycles. The Labute approximate surface area is 158 Å². The largest absolute Gasteiger partial charge is 0.391 e. The van der Waals surface area contributed by atoms with E-state index in [-0.39, 0.29) is 6.61 Å². The summed E-state index contributed by atoms with van der Waals surface area (Å²) >= 11 is 0. The molecule has 0 heterocycles. The smallest absolute Gasteiger partial charge is 0.152 e. The lowest BCUT2D eigenvalue weighted by Crippen LogP contribution is -2.24. The molecule has 0 aromatic heterocycles. The van der Waals surface area contributed by atoms with E-state index in [2.05, 4.69) is 21.5 Å². The topological polar surface area (TPSA) is 55.2 Å². The first kappa shape index (κ1) is 20.1.